The third-order valence-electron chi connectivity index (χ3n) is 4.81. The van der Waals surface area contributed by atoms with Crippen LogP contribution >= 0.6 is 0 Å². The van der Waals surface area contributed by atoms with E-state index in [0.717, 1.165) is 11.4 Å². The van der Waals surface area contributed by atoms with Crippen LogP contribution in [0.4, 0.5) is 0 Å². The number of hydrogen-bond donors (Lipinski definition) is 0. The maximum absolute atomic E-state index is 13.4. The van der Waals surface area contributed by atoms with Gasteiger partial charge in [0.05, 0.1) is 18.8 Å². The Hall–Kier alpha value is -3.48. The molecule has 4 aromatic rings. The molecule has 1 unspecified atom stereocenters. The van der Waals surface area contributed by atoms with Gasteiger partial charge in [-0.15, -0.1) is 0 Å². The number of imidazole rings is 1. The molecule has 5 rings (SSSR count). The molecule has 7 nitrogen and oxygen atoms in total. The number of benzene rings is 1. The smallest absolute Gasteiger partial charge is 0.260 e. The van der Waals surface area contributed by atoms with Gasteiger partial charge in [0.2, 0.25) is 0 Å². The van der Waals surface area contributed by atoms with Crippen molar-refractivity contribution in [2.45, 2.75) is 19.1 Å². The van der Waals surface area contributed by atoms with Crippen molar-refractivity contribution in [1.82, 2.24) is 29.0 Å². The van der Waals surface area contributed by atoms with E-state index in [2.05, 4.69) is 31.8 Å². The zero-order valence-corrected chi connectivity index (χ0v) is 13.9. The number of amides is 1. The first kappa shape index (κ1) is 14.8. The number of fused-ring (bicyclic) bond motifs is 2. The molecule has 26 heavy (non-hydrogen) atoms. The predicted octanol–water partition coefficient (Wildman–Crippen LogP) is 2.32. The molecule has 0 saturated heterocycles. The second-order valence-corrected chi connectivity index (χ2v) is 6.30. The Kier molecular flexibility index (Phi) is 3.31. The first-order chi connectivity index (χ1) is 12.8. The molecular weight excluding hydrogens is 328 g/mol. The highest BCUT2D eigenvalue weighted by molar-refractivity contribution is 5.99. The van der Waals surface area contributed by atoms with Gasteiger partial charge < -0.3 is 9.47 Å². The number of rotatable bonds is 2. The van der Waals surface area contributed by atoms with Crippen molar-refractivity contribution < 1.29 is 4.79 Å². The minimum atomic E-state index is -0.0817. The van der Waals surface area contributed by atoms with Crippen LogP contribution in [-0.2, 0) is 13.1 Å². The molecular formula is C19H16N6O. The van der Waals surface area contributed by atoms with Gasteiger partial charge in [0.15, 0.2) is 5.65 Å². The van der Waals surface area contributed by atoms with E-state index in [1.54, 1.807) is 35.4 Å². The van der Waals surface area contributed by atoms with Crippen LogP contribution in [0.15, 0.2) is 67.4 Å². The summed E-state index contributed by atoms with van der Waals surface area (Å²) in [5, 5.41) is 4.25. The third kappa shape index (κ3) is 2.28. The summed E-state index contributed by atoms with van der Waals surface area (Å²) in [6.45, 7) is 1.13. The molecule has 3 aromatic heterocycles. The summed E-state index contributed by atoms with van der Waals surface area (Å²) in [4.78, 5) is 24.0. The van der Waals surface area contributed by atoms with Crippen molar-refractivity contribution in [2.75, 3.05) is 0 Å². The van der Waals surface area contributed by atoms with Gasteiger partial charge >= 0.3 is 0 Å². The Morgan fingerprint density at radius 1 is 1.04 bits per heavy atom. The Morgan fingerprint density at radius 3 is 2.81 bits per heavy atom. The molecule has 1 aromatic carbocycles. The van der Waals surface area contributed by atoms with Gasteiger partial charge in [-0.2, -0.15) is 5.10 Å². The Morgan fingerprint density at radius 2 is 1.92 bits per heavy atom. The second-order valence-electron chi connectivity index (χ2n) is 6.30. The maximum Gasteiger partial charge on any atom is 0.260 e. The summed E-state index contributed by atoms with van der Waals surface area (Å²) >= 11 is 0. The molecule has 1 amide bonds. The summed E-state index contributed by atoms with van der Waals surface area (Å²) in [7, 11) is 0. The van der Waals surface area contributed by atoms with Crippen molar-refractivity contribution in [1.29, 1.82) is 0 Å². The van der Waals surface area contributed by atoms with Gasteiger partial charge in [0.1, 0.15) is 11.4 Å². The van der Waals surface area contributed by atoms with Gasteiger partial charge in [-0.05, 0) is 11.6 Å². The normalized spacial score (nSPS) is 16.6. The summed E-state index contributed by atoms with van der Waals surface area (Å²) in [5.74, 6) is 0.803. The number of hydrogen-bond acceptors (Lipinski definition) is 4. The Labute approximate surface area is 149 Å². The van der Waals surface area contributed by atoms with Gasteiger partial charge in [-0.25, -0.2) is 14.5 Å². The van der Waals surface area contributed by atoms with Crippen molar-refractivity contribution in [3.05, 3.63) is 84.3 Å². The zero-order chi connectivity index (χ0) is 17.5. The van der Waals surface area contributed by atoms with Crippen LogP contribution in [0.2, 0.25) is 0 Å². The molecule has 0 aliphatic carbocycles. The highest BCUT2D eigenvalue weighted by Gasteiger charge is 2.33. The maximum atomic E-state index is 13.4. The molecule has 4 heterocycles. The molecule has 1 aliphatic heterocycles. The zero-order valence-electron chi connectivity index (χ0n) is 13.9. The minimum Gasteiger partial charge on any atom is -0.331 e. The van der Waals surface area contributed by atoms with E-state index in [9.17, 15) is 4.79 Å². The molecule has 0 N–H and O–H groups in total. The average Bonchev–Trinajstić information content (AvgIpc) is 3.33. The molecule has 0 saturated carbocycles. The third-order valence-corrected chi connectivity index (χ3v) is 4.81. The SMILES string of the molecule is O=C(c1cnn2cccnc12)N1Cc2nccn2CC1c1ccccc1. The van der Waals surface area contributed by atoms with Crippen LogP contribution in [0.25, 0.3) is 5.65 Å². The standard InChI is InChI=1S/C19H16N6O/c26-19(15-11-22-25-9-4-7-21-18(15)25)24-13-17-20-8-10-23(17)12-16(24)14-5-2-1-3-6-14/h1-11,16H,12-13H2. The number of carbonyl (C=O) groups excluding carboxylic acids is 1. The lowest BCUT2D eigenvalue weighted by Crippen LogP contribution is -2.41. The summed E-state index contributed by atoms with van der Waals surface area (Å²) < 4.78 is 3.73. The van der Waals surface area contributed by atoms with E-state index in [1.165, 1.54) is 0 Å². The quantitative estimate of drug-likeness (QED) is 0.560. The van der Waals surface area contributed by atoms with Gasteiger partial charge in [-0.3, -0.25) is 4.79 Å². The van der Waals surface area contributed by atoms with Crippen LogP contribution in [0.5, 0.6) is 0 Å². The lowest BCUT2D eigenvalue weighted by molar-refractivity contribution is 0.0586. The molecule has 7 heteroatoms. The summed E-state index contributed by atoms with van der Waals surface area (Å²) in [5.41, 5.74) is 2.18. The van der Waals surface area contributed by atoms with Crippen molar-refractivity contribution >= 4 is 11.6 Å². The van der Waals surface area contributed by atoms with Gasteiger partial charge in [0.25, 0.3) is 5.91 Å². The molecule has 0 radical (unpaired) electrons. The lowest BCUT2D eigenvalue weighted by Gasteiger charge is -2.36. The van der Waals surface area contributed by atoms with E-state index in [0.29, 0.717) is 24.3 Å². The first-order valence-corrected chi connectivity index (χ1v) is 8.45. The van der Waals surface area contributed by atoms with E-state index in [1.807, 2.05) is 29.3 Å². The highest BCUT2D eigenvalue weighted by atomic mass is 16.2. The van der Waals surface area contributed by atoms with Gasteiger partial charge in [0, 0.05) is 31.3 Å². The Balaban J connectivity index is 1.59. The van der Waals surface area contributed by atoms with Crippen molar-refractivity contribution in [3.63, 3.8) is 0 Å². The monoisotopic (exact) mass is 344 g/mol. The fourth-order valence-electron chi connectivity index (χ4n) is 3.51. The van der Waals surface area contributed by atoms with E-state index in [4.69, 9.17) is 0 Å². The predicted molar refractivity (Wildman–Crippen MR) is 94.3 cm³/mol. The molecule has 128 valence electrons. The van der Waals surface area contributed by atoms with Gasteiger partial charge in [-0.1, -0.05) is 30.3 Å². The second kappa shape index (κ2) is 5.80. The molecule has 0 bridgehead atoms. The first-order valence-electron chi connectivity index (χ1n) is 8.45. The summed E-state index contributed by atoms with van der Waals surface area (Å²) in [6, 6.07) is 11.8. The number of nitrogens with zero attached hydrogens (tertiary/aromatic N) is 6. The number of carbonyl (C=O) groups is 1. The number of aromatic nitrogens is 5. The van der Waals surface area contributed by atoms with Crippen LogP contribution in [0.3, 0.4) is 0 Å². The summed E-state index contributed by atoms with van der Waals surface area (Å²) in [6.07, 6.45) is 8.79. The molecule has 1 atom stereocenters. The van der Waals surface area contributed by atoms with Crippen LogP contribution in [0, 0.1) is 0 Å². The van der Waals surface area contributed by atoms with Crippen molar-refractivity contribution in [2.24, 2.45) is 0 Å². The largest absolute Gasteiger partial charge is 0.331 e. The molecule has 0 spiro atoms. The van der Waals surface area contributed by atoms with E-state index < -0.39 is 0 Å². The topological polar surface area (TPSA) is 68.3 Å². The van der Waals surface area contributed by atoms with Crippen LogP contribution in [0.1, 0.15) is 27.8 Å². The fourth-order valence-corrected chi connectivity index (χ4v) is 3.51. The average molecular weight is 344 g/mol. The van der Waals surface area contributed by atoms with E-state index >= 15 is 0 Å². The van der Waals surface area contributed by atoms with Crippen LogP contribution < -0.4 is 0 Å². The Bertz CT molecular complexity index is 1080. The van der Waals surface area contributed by atoms with E-state index in [-0.39, 0.29) is 11.9 Å². The highest BCUT2D eigenvalue weighted by Crippen LogP contribution is 2.31. The minimum absolute atomic E-state index is 0.0657. The van der Waals surface area contributed by atoms with Crippen molar-refractivity contribution in [3.8, 4) is 0 Å². The molecule has 1 aliphatic rings. The fraction of sp³-hybridized carbons (Fsp3) is 0.158. The lowest BCUT2D eigenvalue weighted by atomic mass is 10.0. The molecule has 0 fully saturated rings. The van der Waals surface area contributed by atoms with Crippen LogP contribution in [-0.4, -0.2) is 35.0 Å².